The molecular weight excluding hydrogens is 338 g/mol. The molecule has 0 aliphatic carbocycles. The van der Waals surface area contributed by atoms with Crippen LogP contribution in [0.2, 0.25) is 0 Å². The molecule has 1 saturated heterocycles. The highest BCUT2D eigenvalue weighted by Gasteiger charge is 2.42. The zero-order valence-corrected chi connectivity index (χ0v) is 14.7. The van der Waals surface area contributed by atoms with Gasteiger partial charge in [0, 0.05) is 13.1 Å². The number of carboxylic acid groups (broad SMARTS) is 1. The van der Waals surface area contributed by atoms with Crippen molar-refractivity contribution in [3.63, 3.8) is 0 Å². The fraction of sp³-hybridized carbons (Fsp3) is 0.368. The largest absolute Gasteiger partial charge is 0.493 e. The summed E-state index contributed by atoms with van der Waals surface area (Å²) in [6, 6.07) is 10.5. The Morgan fingerprint density at radius 2 is 1.96 bits per heavy atom. The SMILES string of the molecule is COc1ccccc1OCc1ccc(C(=O)N2CCC(C)(C(=O)O)C2)o1. The minimum Gasteiger partial charge on any atom is -0.493 e. The van der Waals surface area contributed by atoms with Crippen molar-refractivity contribution in [3.8, 4) is 11.5 Å². The standard InChI is InChI=1S/C19H21NO6/c1-19(18(22)23)9-10-20(12-19)17(21)16-8-7-13(26-16)11-25-15-6-4-3-5-14(15)24-2/h3-8H,9-12H2,1-2H3,(H,22,23). The molecule has 3 rings (SSSR count). The number of benzene rings is 1. The smallest absolute Gasteiger partial charge is 0.311 e. The molecule has 1 aromatic carbocycles. The number of carbonyl (C=O) groups is 2. The Balaban J connectivity index is 1.63. The molecule has 1 aliphatic rings. The first-order valence-electron chi connectivity index (χ1n) is 8.30. The molecule has 0 spiro atoms. The number of ether oxygens (including phenoxy) is 2. The maximum absolute atomic E-state index is 12.5. The Kier molecular flexibility index (Phi) is 4.88. The average Bonchev–Trinajstić information content (AvgIpc) is 3.27. The number of rotatable bonds is 6. The van der Waals surface area contributed by atoms with Gasteiger partial charge >= 0.3 is 5.97 Å². The molecule has 7 nitrogen and oxygen atoms in total. The molecule has 1 amide bonds. The summed E-state index contributed by atoms with van der Waals surface area (Å²) in [6.45, 7) is 2.38. The maximum atomic E-state index is 12.5. The van der Waals surface area contributed by atoms with Gasteiger partial charge in [0.25, 0.3) is 5.91 Å². The van der Waals surface area contributed by atoms with Crippen LogP contribution < -0.4 is 9.47 Å². The van der Waals surface area contributed by atoms with Crippen molar-refractivity contribution in [2.75, 3.05) is 20.2 Å². The predicted octanol–water partition coefficient (Wildman–Crippen LogP) is 2.80. The lowest BCUT2D eigenvalue weighted by Crippen LogP contribution is -2.34. The second kappa shape index (κ2) is 7.11. The van der Waals surface area contributed by atoms with E-state index < -0.39 is 11.4 Å². The molecule has 1 N–H and O–H groups in total. The summed E-state index contributed by atoms with van der Waals surface area (Å²) >= 11 is 0. The lowest BCUT2D eigenvalue weighted by atomic mass is 9.90. The minimum atomic E-state index is -0.905. The summed E-state index contributed by atoms with van der Waals surface area (Å²) < 4.78 is 16.5. The first kappa shape index (κ1) is 17.8. The number of carbonyl (C=O) groups excluding carboxylic acids is 1. The van der Waals surface area contributed by atoms with Crippen LogP contribution in [0.25, 0.3) is 0 Å². The molecule has 1 fully saturated rings. The number of furan rings is 1. The number of amides is 1. The van der Waals surface area contributed by atoms with E-state index in [1.165, 1.54) is 4.90 Å². The van der Waals surface area contributed by atoms with E-state index in [-0.39, 0.29) is 24.8 Å². The molecule has 1 aromatic heterocycles. The van der Waals surface area contributed by atoms with Gasteiger partial charge in [-0.15, -0.1) is 0 Å². The summed E-state index contributed by atoms with van der Waals surface area (Å²) in [5.74, 6) is 0.672. The third kappa shape index (κ3) is 3.51. The highest BCUT2D eigenvalue weighted by molar-refractivity contribution is 5.92. The Morgan fingerprint density at radius 1 is 1.23 bits per heavy atom. The lowest BCUT2D eigenvalue weighted by Gasteiger charge is -2.19. The summed E-state index contributed by atoms with van der Waals surface area (Å²) in [5.41, 5.74) is -0.905. The van der Waals surface area contributed by atoms with Crippen LogP contribution in [0.3, 0.4) is 0 Å². The summed E-state index contributed by atoms with van der Waals surface area (Å²) in [4.78, 5) is 25.4. The van der Waals surface area contributed by atoms with Crippen molar-refractivity contribution in [3.05, 3.63) is 47.9 Å². The number of methoxy groups -OCH3 is 1. The molecular formula is C19H21NO6. The minimum absolute atomic E-state index is 0.153. The number of hydrogen-bond donors (Lipinski definition) is 1. The van der Waals surface area contributed by atoms with E-state index in [1.807, 2.05) is 12.1 Å². The quantitative estimate of drug-likeness (QED) is 0.853. The van der Waals surface area contributed by atoms with E-state index in [1.54, 1.807) is 38.3 Å². The number of likely N-dealkylation sites (tertiary alicyclic amines) is 1. The maximum Gasteiger partial charge on any atom is 0.311 e. The molecule has 0 radical (unpaired) electrons. The summed E-state index contributed by atoms with van der Waals surface area (Å²) in [7, 11) is 1.56. The van der Waals surface area contributed by atoms with Gasteiger partial charge in [-0.1, -0.05) is 12.1 Å². The van der Waals surface area contributed by atoms with Gasteiger partial charge in [-0.25, -0.2) is 0 Å². The number of aliphatic carboxylic acids is 1. The topological polar surface area (TPSA) is 89.2 Å². The molecule has 0 bridgehead atoms. The van der Waals surface area contributed by atoms with E-state index in [2.05, 4.69) is 0 Å². The van der Waals surface area contributed by atoms with Crippen LogP contribution in [-0.4, -0.2) is 42.1 Å². The van der Waals surface area contributed by atoms with Crippen molar-refractivity contribution in [2.45, 2.75) is 20.0 Å². The molecule has 0 saturated carbocycles. The van der Waals surface area contributed by atoms with E-state index in [4.69, 9.17) is 13.9 Å². The Morgan fingerprint density at radius 3 is 2.62 bits per heavy atom. The van der Waals surface area contributed by atoms with Crippen LogP contribution in [-0.2, 0) is 11.4 Å². The van der Waals surface area contributed by atoms with Gasteiger partial charge in [-0.3, -0.25) is 9.59 Å². The summed E-state index contributed by atoms with van der Waals surface area (Å²) in [5, 5.41) is 9.28. The molecule has 2 heterocycles. The van der Waals surface area contributed by atoms with Crippen LogP contribution in [0.5, 0.6) is 11.5 Å². The van der Waals surface area contributed by atoms with Gasteiger partial charge in [0.1, 0.15) is 12.4 Å². The van der Waals surface area contributed by atoms with Gasteiger partial charge < -0.3 is 23.9 Å². The van der Waals surface area contributed by atoms with Crippen molar-refractivity contribution >= 4 is 11.9 Å². The fourth-order valence-electron chi connectivity index (χ4n) is 2.92. The number of para-hydroxylation sites is 2. The number of carboxylic acids is 1. The molecule has 7 heteroatoms. The average molecular weight is 359 g/mol. The van der Waals surface area contributed by atoms with Gasteiger partial charge in [-0.05, 0) is 37.6 Å². The van der Waals surface area contributed by atoms with E-state index >= 15 is 0 Å². The second-order valence-corrected chi connectivity index (χ2v) is 6.55. The molecule has 1 aliphatic heterocycles. The Bertz CT molecular complexity index is 814. The van der Waals surface area contributed by atoms with Crippen LogP contribution >= 0.6 is 0 Å². The van der Waals surface area contributed by atoms with Gasteiger partial charge in [0.05, 0.1) is 12.5 Å². The lowest BCUT2D eigenvalue weighted by molar-refractivity contribution is -0.147. The first-order valence-corrected chi connectivity index (χ1v) is 8.30. The normalized spacial score (nSPS) is 19.4. The first-order chi connectivity index (χ1) is 12.4. The second-order valence-electron chi connectivity index (χ2n) is 6.55. The van der Waals surface area contributed by atoms with E-state index in [9.17, 15) is 14.7 Å². The van der Waals surface area contributed by atoms with Gasteiger partial charge in [0.2, 0.25) is 0 Å². The monoisotopic (exact) mass is 359 g/mol. The van der Waals surface area contributed by atoms with Crippen LogP contribution in [0.15, 0.2) is 40.8 Å². The summed E-state index contributed by atoms with van der Waals surface area (Å²) in [6.07, 6.45) is 0.429. The van der Waals surface area contributed by atoms with Gasteiger partial charge in [0.15, 0.2) is 17.3 Å². The fourth-order valence-corrected chi connectivity index (χ4v) is 2.92. The Labute approximate surface area is 151 Å². The molecule has 1 unspecified atom stereocenters. The zero-order valence-electron chi connectivity index (χ0n) is 14.7. The van der Waals surface area contributed by atoms with Crippen LogP contribution in [0.1, 0.15) is 29.7 Å². The highest BCUT2D eigenvalue weighted by Crippen LogP contribution is 2.31. The van der Waals surface area contributed by atoms with Crippen molar-refractivity contribution in [2.24, 2.45) is 5.41 Å². The third-order valence-electron chi connectivity index (χ3n) is 4.59. The van der Waals surface area contributed by atoms with Crippen molar-refractivity contribution < 1.29 is 28.6 Å². The molecule has 1 atom stereocenters. The number of nitrogens with zero attached hydrogens (tertiary/aromatic N) is 1. The predicted molar refractivity (Wildman–Crippen MR) is 92.3 cm³/mol. The van der Waals surface area contributed by atoms with Crippen LogP contribution in [0, 0.1) is 5.41 Å². The van der Waals surface area contributed by atoms with Crippen molar-refractivity contribution in [1.82, 2.24) is 4.90 Å². The molecule has 138 valence electrons. The van der Waals surface area contributed by atoms with E-state index in [0.717, 1.165) is 0 Å². The van der Waals surface area contributed by atoms with Crippen LogP contribution in [0.4, 0.5) is 0 Å². The third-order valence-corrected chi connectivity index (χ3v) is 4.59. The zero-order chi connectivity index (χ0) is 18.7. The highest BCUT2D eigenvalue weighted by atomic mass is 16.5. The van der Waals surface area contributed by atoms with Gasteiger partial charge in [-0.2, -0.15) is 0 Å². The number of hydrogen-bond acceptors (Lipinski definition) is 5. The van der Waals surface area contributed by atoms with Crippen molar-refractivity contribution in [1.29, 1.82) is 0 Å². The molecule has 26 heavy (non-hydrogen) atoms. The Hall–Kier alpha value is -2.96. The van der Waals surface area contributed by atoms with E-state index in [0.29, 0.717) is 30.2 Å². The molecule has 2 aromatic rings.